The summed E-state index contributed by atoms with van der Waals surface area (Å²) in [6.45, 7) is 2.03. The van der Waals surface area contributed by atoms with Crippen molar-refractivity contribution in [3.05, 3.63) is 30.3 Å². The number of carboxylic acids is 1. The first kappa shape index (κ1) is 17.3. The van der Waals surface area contributed by atoms with Crippen molar-refractivity contribution in [2.45, 2.75) is 38.5 Å². The fourth-order valence-electron chi connectivity index (χ4n) is 2.94. The Morgan fingerprint density at radius 3 is 2.74 bits per heavy atom. The Balaban J connectivity index is 1.65. The van der Waals surface area contributed by atoms with E-state index in [2.05, 4.69) is 0 Å². The van der Waals surface area contributed by atoms with Gasteiger partial charge in [-0.25, -0.2) is 0 Å². The molecule has 23 heavy (non-hydrogen) atoms. The number of carboxylic acid groups (broad SMARTS) is 1. The number of piperidine rings is 1. The lowest BCUT2D eigenvalue weighted by molar-refractivity contribution is -0.137. The molecule has 1 aromatic carbocycles. The smallest absolute Gasteiger partial charge is 0.303 e. The number of para-hydroxylation sites is 1. The third kappa shape index (κ3) is 6.30. The summed E-state index contributed by atoms with van der Waals surface area (Å²) in [7, 11) is 0. The normalized spacial score (nSPS) is 17.7. The zero-order valence-corrected chi connectivity index (χ0v) is 13.4. The minimum absolute atomic E-state index is 0.154. The highest BCUT2D eigenvalue weighted by Crippen LogP contribution is 2.21. The molecule has 1 aliphatic heterocycles. The summed E-state index contributed by atoms with van der Waals surface area (Å²) in [4.78, 5) is 24.8. The molecule has 0 aliphatic carbocycles. The Bertz CT molecular complexity index is 503. The molecule has 5 heteroatoms. The number of benzene rings is 1. The minimum Gasteiger partial charge on any atom is -0.494 e. The predicted molar refractivity (Wildman–Crippen MR) is 87.3 cm³/mol. The first-order valence-electron chi connectivity index (χ1n) is 8.32. The first-order valence-corrected chi connectivity index (χ1v) is 8.32. The average molecular weight is 319 g/mol. The second-order valence-corrected chi connectivity index (χ2v) is 6.05. The molecule has 126 valence electrons. The predicted octanol–water partition coefficient (Wildman–Crippen LogP) is 2.95. The van der Waals surface area contributed by atoms with E-state index in [9.17, 15) is 9.59 Å². The van der Waals surface area contributed by atoms with E-state index in [1.165, 1.54) is 0 Å². The summed E-state index contributed by atoms with van der Waals surface area (Å²) in [5.41, 5.74) is 0. The van der Waals surface area contributed by atoms with E-state index in [1.54, 1.807) is 0 Å². The summed E-state index contributed by atoms with van der Waals surface area (Å²) < 4.78 is 5.59. The van der Waals surface area contributed by atoms with Gasteiger partial charge in [0.15, 0.2) is 0 Å². The van der Waals surface area contributed by atoms with Crippen molar-refractivity contribution in [3.63, 3.8) is 0 Å². The van der Waals surface area contributed by atoms with Crippen molar-refractivity contribution in [1.29, 1.82) is 0 Å². The van der Waals surface area contributed by atoms with Crippen LogP contribution in [-0.4, -0.2) is 41.6 Å². The number of rotatable bonds is 8. The van der Waals surface area contributed by atoms with Crippen molar-refractivity contribution in [1.82, 2.24) is 4.90 Å². The number of ether oxygens (including phenoxy) is 1. The summed E-state index contributed by atoms with van der Waals surface area (Å²) in [6.07, 6.45) is 4.03. The maximum absolute atomic E-state index is 12.2. The van der Waals surface area contributed by atoms with Crippen molar-refractivity contribution >= 4 is 11.9 Å². The van der Waals surface area contributed by atoms with Gasteiger partial charge < -0.3 is 14.7 Å². The van der Waals surface area contributed by atoms with Crippen molar-refractivity contribution in [2.24, 2.45) is 5.92 Å². The Kier molecular flexibility index (Phi) is 6.91. The zero-order chi connectivity index (χ0) is 16.5. The Hall–Kier alpha value is -2.04. The maximum atomic E-state index is 12.2. The van der Waals surface area contributed by atoms with Gasteiger partial charge in [-0.3, -0.25) is 9.59 Å². The third-order valence-corrected chi connectivity index (χ3v) is 4.19. The van der Waals surface area contributed by atoms with Gasteiger partial charge in [0.1, 0.15) is 5.75 Å². The molecule has 1 amide bonds. The zero-order valence-electron chi connectivity index (χ0n) is 13.4. The lowest BCUT2D eigenvalue weighted by Crippen LogP contribution is -2.40. The second-order valence-electron chi connectivity index (χ2n) is 6.05. The van der Waals surface area contributed by atoms with Crippen LogP contribution in [0.3, 0.4) is 0 Å². The summed E-state index contributed by atoms with van der Waals surface area (Å²) in [5.74, 6) is 0.546. The molecule has 0 saturated carbocycles. The molecule has 2 rings (SSSR count). The van der Waals surface area contributed by atoms with Crippen LogP contribution < -0.4 is 4.74 Å². The van der Waals surface area contributed by atoms with Crippen molar-refractivity contribution < 1.29 is 19.4 Å². The molecule has 1 N–H and O–H groups in total. The SMILES string of the molecule is O=C(O)CC[C@H]1CCCN(C(=O)CCCOc2ccccc2)C1. The third-order valence-electron chi connectivity index (χ3n) is 4.19. The molecule has 0 spiro atoms. The molecule has 1 fully saturated rings. The topological polar surface area (TPSA) is 66.8 Å². The largest absolute Gasteiger partial charge is 0.494 e. The van der Waals surface area contributed by atoms with E-state index >= 15 is 0 Å². The van der Waals surface area contributed by atoms with Crippen LogP contribution >= 0.6 is 0 Å². The number of likely N-dealkylation sites (tertiary alicyclic amines) is 1. The molecular formula is C18H25NO4. The lowest BCUT2D eigenvalue weighted by atomic mass is 9.93. The summed E-state index contributed by atoms with van der Waals surface area (Å²) >= 11 is 0. The number of hydrogen-bond acceptors (Lipinski definition) is 3. The van der Waals surface area contributed by atoms with Crippen LogP contribution in [0.25, 0.3) is 0 Å². The molecule has 1 saturated heterocycles. The van der Waals surface area contributed by atoms with Crippen LogP contribution in [0.1, 0.15) is 38.5 Å². The lowest BCUT2D eigenvalue weighted by Gasteiger charge is -2.32. The fraction of sp³-hybridized carbons (Fsp3) is 0.556. The summed E-state index contributed by atoms with van der Waals surface area (Å²) in [6, 6.07) is 9.59. The highest BCUT2D eigenvalue weighted by atomic mass is 16.5. The highest BCUT2D eigenvalue weighted by molar-refractivity contribution is 5.76. The van der Waals surface area contributed by atoms with Crippen LogP contribution in [0.4, 0.5) is 0 Å². The second kappa shape index (κ2) is 9.18. The van der Waals surface area contributed by atoms with E-state index < -0.39 is 5.97 Å². The van der Waals surface area contributed by atoms with Crippen LogP contribution in [-0.2, 0) is 9.59 Å². The first-order chi connectivity index (χ1) is 11.1. The molecule has 0 aromatic heterocycles. The Morgan fingerprint density at radius 1 is 1.22 bits per heavy atom. The van der Waals surface area contributed by atoms with E-state index in [0.717, 1.165) is 25.1 Å². The van der Waals surface area contributed by atoms with Gasteiger partial charge in [0, 0.05) is 25.9 Å². The molecule has 0 radical (unpaired) electrons. The highest BCUT2D eigenvalue weighted by Gasteiger charge is 2.23. The van der Waals surface area contributed by atoms with Gasteiger partial charge in [0.25, 0.3) is 0 Å². The molecule has 1 aromatic rings. The van der Waals surface area contributed by atoms with E-state index in [-0.39, 0.29) is 12.3 Å². The molecule has 1 atom stereocenters. The van der Waals surface area contributed by atoms with Gasteiger partial charge in [-0.15, -0.1) is 0 Å². The number of nitrogens with zero attached hydrogens (tertiary/aromatic N) is 1. The molecule has 1 heterocycles. The average Bonchev–Trinajstić information content (AvgIpc) is 2.58. The molecular weight excluding hydrogens is 294 g/mol. The van der Waals surface area contributed by atoms with Crippen LogP contribution in [0.5, 0.6) is 5.75 Å². The van der Waals surface area contributed by atoms with Crippen molar-refractivity contribution in [2.75, 3.05) is 19.7 Å². The van der Waals surface area contributed by atoms with Gasteiger partial charge in [0.05, 0.1) is 6.61 Å². The molecule has 0 bridgehead atoms. The van der Waals surface area contributed by atoms with Gasteiger partial charge in [-0.05, 0) is 43.7 Å². The maximum Gasteiger partial charge on any atom is 0.303 e. The van der Waals surface area contributed by atoms with Gasteiger partial charge >= 0.3 is 5.97 Å². The number of aliphatic carboxylic acids is 1. The number of hydrogen-bond donors (Lipinski definition) is 1. The van der Waals surface area contributed by atoms with E-state index in [1.807, 2.05) is 35.2 Å². The molecule has 0 unspecified atom stereocenters. The van der Waals surface area contributed by atoms with Gasteiger partial charge in [0.2, 0.25) is 5.91 Å². The minimum atomic E-state index is -0.758. The number of carbonyl (C=O) groups excluding carboxylic acids is 1. The summed E-state index contributed by atoms with van der Waals surface area (Å²) in [5, 5.41) is 8.76. The van der Waals surface area contributed by atoms with Gasteiger partial charge in [-0.2, -0.15) is 0 Å². The van der Waals surface area contributed by atoms with E-state index in [0.29, 0.717) is 38.3 Å². The quantitative estimate of drug-likeness (QED) is 0.748. The van der Waals surface area contributed by atoms with Crippen LogP contribution in [0.15, 0.2) is 30.3 Å². The Labute approximate surface area is 137 Å². The monoisotopic (exact) mass is 319 g/mol. The molecule has 1 aliphatic rings. The van der Waals surface area contributed by atoms with E-state index in [4.69, 9.17) is 9.84 Å². The van der Waals surface area contributed by atoms with Crippen LogP contribution in [0.2, 0.25) is 0 Å². The number of amides is 1. The standard InChI is InChI=1S/C18H25NO4/c20-17(9-5-13-23-16-7-2-1-3-8-16)19-12-4-6-15(14-19)10-11-18(21)22/h1-3,7-8,15H,4-6,9-14H2,(H,21,22)/t15-/m1/s1. The van der Waals surface area contributed by atoms with Gasteiger partial charge in [-0.1, -0.05) is 18.2 Å². The van der Waals surface area contributed by atoms with Crippen LogP contribution in [0, 0.1) is 5.92 Å². The molecule has 5 nitrogen and oxygen atoms in total. The Morgan fingerprint density at radius 2 is 2.00 bits per heavy atom. The number of carbonyl (C=O) groups is 2. The fourth-order valence-corrected chi connectivity index (χ4v) is 2.94. The van der Waals surface area contributed by atoms with Crippen molar-refractivity contribution in [3.8, 4) is 5.75 Å².